The number of nitriles is 1. The van der Waals surface area contributed by atoms with E-state index in [1.54, 1.807) is 36.5 Å². The highest BCUT2D eigenvalue weighted by atomic mass is 35.5. The molecule has 0 radical (unpaired) electrons. The monoisotopic (exact) mass is 506 g/mol. The second-order valence-electron chi connectivity index (χ2n) is 10.1. The van der Waals surface area contributed by atoms with Crippen LogP contribution in [0.5, 0.6) is 5.75 Å². The Bertz CT molecular complexity index is 1310. The number of halogens is 1. The number of aromatic nitrogens is 4. The van der Waals surface area contributed by atoms with Gasteiger partial charge in [0.1, 0.15) is 24.2 Å². The van der Waals surface area contributed by atoms with Gasteiger partial charge in [-0.15, -0.1) is 5.10 Å². The Morgan fingerprint density at radius 2 is 2.00 bits per heavy atom. The molecule has 1 aliphatic carbocycles. The van der Waals surface area contributed by atoms with Crippen LogP contribution in [-0.4, -0.2) is 44.3 Å². The lowest BCUT2D eigenvalue weighted by molar-refractivity contribution is -0.164. The van der Waals surface area contributed by atoms with Gasteiger partial charge in [0.25, 0.3) is 5.91 Å². The second-order valence-corrected chi connectivity index (χ2v) is 10.5. The van der Waals surface area contributed by atoms with E-state index >= 15 is 0 Å². The molecule has 4 rings (SSSR count). The quantitative estimate of drug-likeness (QED) is 0.459. The molecule has 1 saturated carbocycles. The summed E-state index contributed by atoms with van der Waals surface area (Å²) in [5, 5.41) is 20.6. The normalized spacial score (nSPS) is 19.6. The Balaban J connectivity index is 1.43. The first-order chi connectivity index (χ1) is 17.1. The average Bonchev–Trinajstić information content (AvgIpc) is 3.33. The molecule has 10 heteroatoms. The maximum absolute atomic E-state index is 13.1. The summed E-state index contributed by atoms with van der Waals surface area (Å²) in [5.41, 5.74) is 0.773. The van der Waals surface area contributed by atoms with Crippen LogP contribution in [0.15, 0.2) is 42.7 Å². The van der Waals surface area contributed by atoms with Crippen molar-refractivity contribution >= 4 is 23.8 Å². The maximum atomic E-state index is 13.1. The van der Waals surface area contributed by atoms with Crippen molar-refractivity contribution in [2.24, 2.45) is 10.8 Å². The van der Waals surface area contributed by atoms with E-state index in [9.17, 15) is 9.59 Å². The zero-order valence-corrected chi connectivity index (χ0v) is 21.3. The number of pyridine rings is 1. The van der Waals surface area contributed by atoms with Gasteiger partial charge < -0.3 is 14.8 Å². The van der Waals surface area contributed by atoms with E-state index in [-0.39, 0.29) is 28.9 Å². The molecular weight excluding hydrogens is 480 g/mol. The Morgan fingerprint density at radius 1 is 1.25 bits per heavy atom. The van der Waals surface area contributed by atoms with Crippen molar-refractivity contribution in [2.75, 3.05) is 0 Å². The molecule has 1 amide bonds. The molecule has 0 bridgehead atoms. The first kappa shape index (κ1) is 25.3. The predicted molar refractivity (Wildman–Crippen MR) is 133 cm³/mol. The molecule has 0 spiro atoms. The van der Waals surface area contributed by atoms with E-state index in [0.717, 1.165) is 6.29 Å². The number of aldehydes is 1. The van der Waals surface area contributed by atoms with Gasteiger partial charge in [0.05, 0.1) is 28.0 Å². The first-order valence-electron chi connectivity index (χ1n) is 11.6. The number of benzene rings is 1. The Labute approximate surface area is 214 Å². The minimum Gasteiger partial charge on any atom is -0.489 e. The van der Waals surface area contributed by atoms with Gasteiger partial charge in [-0.1, -0.05) is 44.5 Å². The number of nitrogens with one attached hydrogen (secondary N) is 1. The van der Waals surface area contributed by atoms with Crippen LogP contribution in [0.1, 0.15) is 55.7 Å². The third-order valence-corrected chi connectivity index (χ3v) is 7.05. The number of carbonyl (C=O) groups is 2. The second kappa shape index (κ2) is 9.70. The molecule has 0 saturated heterocycles. The Hall–Kier alpha value is -3.77. The minimum absolute atomic E-state index is 0.160. The maximum Gasteiger partial charge on any atom is 0.253 e. The van der Waals surface area contributed by atoms with E-state index in [0.29, 0.717) is 46.3 Å². The van der Waals surface area contributed by atoms with Crippen LogP contribution in [0, 0.1) is 22.2 Å². The average molecular weight is 507 g/mol. The number of amides is 1. The van der Waals surface area contributed by atoms with Crippen LogP contribution in [0.4, 0.5) is 0 Å². The van der Waals surface area contributed by atoms with Crippen molar-refractivity contribution in [3.63, 3.8) is 0 Å². The Kier molecular flexibility index (Phi) is 6.83. The lowest BCUT2D eigenvalue weighted by Crippen LogP contribution is -2.74. The largest absolute Gasteiger partial charge is 0.489 e. The van der Waals surface area contributed by atoms with E-state index in [1.165, 1.54) is 10.9 Å². The zero-order chi connectivity index (χ0) is 26.1. The summed E-state index contributed by atoms with van der Waals surface area (Å²) >= 11 is 6.17. The van der Waals surface area contributed by atoms with Gasteiger partial charge >= 0.3 is 0 Å². The Morgan fingerprint density at radius 3 is 2.61 bits per heavy atom. The van der Waals surface area contributed by atoms with Crippen LogP contribution in [-0.2, 0) is 11.2 Å². The fourth-order valence-electron chi connectivity index (χ4n) is 5.20. The predicted octanol–water partition coefficient (Wildman–Crippen LogP) is 3.93. The summed E-state index contributed by atoms with van der Waals surface area (Å²) in [6.07, 6.45) is 4.76. The van der Waals surface area contributed by atoms with Crippen molar-refractivity contribution in [1.29, 1.82) is 5.26 Å². The number of ether oxygens (including phenoxy) is 1. The highest BCUT2D eigenvalue weighted by molar-refractivity contribution is 6.31. The molecule has 0 unspecified atom stereocenters. The van der Waals surface area contributed by atoms with Gasteiger partial charge in [-0.25, -0.2) is 9.67 Å². The summed E-state index contributed by atoms with van der Waals surface area (Å²) in [6, 6.07) is 10.3. The van der Waals surface area contributed by atoms with Gasteiger partial charge in [-0.3, -0.25) is 4.79 Å². The summed E-state index contributed by atoms with van der Waals surface area (Å²) in [7, 11) is 0. The number of aryl methyl sites for hydroxylation is 1. The lowest BCUT2D eigenvalue weighted by Gasteiger charge is -2.63. The third-order valence-electron chi connectivity index (χ3n) is 6.73. The fraction of sp³-hybridized carbons (Fsp3) is 0.385. The molecule has 9 nitrogen and oxygen atoms in total. The number of hydrogen-bond acceptors (Lipinski definition) is 7. The van der Waals surface area contributed by atoms with Gasteiger partial charge in [0, 0.05) is 35.6 Å². The lowest BCUT2D eigenvalue weighted by atomic mass is 9.49. The standard InChI is InChI=1S/C26H27ClN6O3/c1-25(2)23(26(3,4)24(25)36-19-9-7-16(13-28)20(27)12-19)30-22(35)17-8-10-21(29-14-17)33-15-18(31-32-33)6-5-11-34/h7-12,14-15,23-24H,5-6H2,1-4H3,(H,30,35). The van der Waals surface area contributed by atoms with Gasteiger partial charge in [-0.05, 0) is 30.7 Å². The smallest absolute Gasteiger partial charge is 0.253 e. The minimum atomic E-state index is -0.369. The van der Waals surface area contributed by atoms with Crippen molar-refractivity contribution < 1.29 is 14.3 Å². The third kappa shape index (κ3) is 4.69. The van der Waals surface area contributed by atoms with Crippen LogP contribution in [0.2, 0.25) is 5.02 Å². The van der Waals surface area contributed by atoms with Crippen LogP contribution in [0.25, 0.3) is 5.82 Å². The number of rotatable bonds is 8. The number of hydrogen-bond donors (Lipinski definition) is 1. The SMILES string of the molecule is CC1(C)C(NC(=O)c2ccc(-n3cc(CCC=O)nn3)nc2)C(C)(C)C1Oc1ccc(C#N)c(Cl)c1. The van der Waals surface area contributed by atoms with Crippen molar-refractivity contribution in [3.05, 3.63) is 64.6 Å². The van der Waals surface area contributed by atoms with Crippen LogP contribution < -0.4 is 10.1 Å². The van der Waals surface area contributed by atoms with Crippen molar-refractivity contribution in [1.82, 2.24) is 25.3 Å². The summed E-state index contributed by atoms with van der Waals surface area (Å²) in [4.78, 5) is 28.0. The molecule has 1 aliphatic rings. The topological polar surface area (TPSA) is 123 Å². The van der Waals surface area contributed by atoms with Gasteiger partial charge in [0.15, 0.2) is 5.82 Å². The highest BCUT2D eigenvalue weighted by Crippen LogP contribution is 2.55. The molecule has 1 fully saturated rings. The molecule has 3 aromatic rings. The number of nitrogens with zero attached hydrogens (tertiary/aromatic N) is 5. The summed E-state index contributed by atoms with van der Waals surface area (Å²) in [5.74, 6) is 0.873. The molecule has 2 heterocycles. The van der Waals surface area contributed by atoms with Crippen LogP contribution >= 0.6 is 11.6 Å². The molecule has 186 valence electrons. The molecule has 0 atom stereocenters. The molecule has 1 aromatic carbocycles. The van der Waals surface area contributed by atoms with E-state index in [4.69, 9.17) is 21.6 Å². The van der Waals surface area contributed by atoms with Crippen molar-refractivity contribution in [2.45, 2.75) is 52.7 Å². The highest BCUT2D eigenvalue weighted by Gasteiger charge is 2.64. The molecular formula is C26H27ClN6O3. The molecule has 2 aromatic heterocycles. The van der Waals surface area contributed by atoms with E-state index in [1.807, 2.05) is 33.8 Å². The van der Waals surface area contributed by atoms with Crippen molar-refractivity contribution in [3.8, 4) is 17.6 Å². The summed E-state index contributed by atoms with van der Waals surface area (Å²) in [6.45, 7) is 8.20. The summed E-state index contributed by atoms with van der Waals surface area (Å²) < 4.78 is 7.79. The van der Waals surface area contributed by atoms with E-state index < -0.39 is 0 Å². The zero-order valence-electron chi connectivity index (χ0n) is 20.5. The molecule has 36 heavy (non-hydrogen) atoms. The first-order valence-corrected chi connectivity index (χ1v) is 11.9. The van der Waals surface area contributed by atoms with E-state index in [2.05, 4.69) is 20.6 Å². The number of carbonyl (C=O) groups excluding carboxylic acids is 2. The fourth-order valence-corrected chi connectivity index (χ4v) is 5.41. The molecule has 1 N–H and O–H groups in total. The molecule has 0 aliphatic heterocycles. The van der Waals surface area contributed by atoms with Gasteiger partial charge in [0.2, 0.25) is 0 Å². The van der Waals surface area contributed by atoms with Gasteiger partial charge in [-0.2, -0.15) is 5.26 Å². The van der Waals surface area contributed by atoms with Crippen LogP contribution in [0.3, 0.4) is 0 Å².